The molecule has 0 radical (unpaired) electrons. The molecule has 1 aliphatic rings. The Labute approximate surface area is 131 Å². The fraction of sp³-hybridized carbons (Fsp3) is 0.375. The van der Waals surface area contributed by atoms with Crippen LogP contribution in [0.2, 0.25) is 0 Å². The summed E-state index contributed by atoms with van der Waals surface area (Å²) in [4.78, 5) is 24.3. The van der Waals surface area contributed by atoms with E-state index in [1.807, 2.05) is 30.3 Å². The third-order valence-electron chi connectivity index (χ3n) is 3.97. The van der Waals surface area contributed by atoms with Gasteiger partial charge in [0, 0.05) is 17.9 Å². The molecule has 0 aliphatic carbocycles. The quantitative estimate of drug-likeness (QED) is 0.908. The summed E-state index contributed by atoms with van der Waals surface area (Å²) in [6.45, 7) is 0.944. The molecule has 0 unspecified atom stereocenters. The van der Waals surface area contributed by atoms with Gasteiger partial charge >= 0.3 is 5.97 Å². The molecule has 1 aromatic heterocycles. The van der Waals surface area contributed by atoms with Gasteiger partial charge in [0.15, 0.2) is 0 Å². The van der Waals surface area contributed by atoms with Gasteiger partial charge in [0.25, 0.3) is 5.91 Å². The van der Waals surface area contributed by atoms with E-state index in [-0.39, 0.29) is 12.3 Å². The van der Waals surface area contributed by atoms with Gasteiger partial charge in [-0.15, -0.1) is 11.3 Å². The van der Waals surface area contributed by atoms with Crippen molar-refractivity contribution >= 4 is 33.3 Å². The van der Waals surface area contributed by atoms with E-state index in [2.05, 4.69) is 5.32 Å². The summed E-state index contributed by atoms with van der Waals surface area (Å²) in [5.41, 5.74) is -0.711. The Hall–Kier alpha value is -1.92. The largest absolute Gasteiger partial charge is 0.481 e. The number of aliphatic carboxylic acids is 1. The molecule has 2 heterocycles. The van der Waals surface area contributed by atoms with Gasteiger partial charge in [0.05, 0.1) is 16.8 Å². The van der Waals surface area contributed by atoms with Crippen LogP contribution in [0.3, 0.4) is 0 Å². The van der Waals surface area contributed by atoms with E-state index in [4.69, 9.17) is 9.84 Å². The Bertz CT molecular complexity index is 670. The first-order valence-corrected chi connectivity index (χ1v) is 8.00. The predicted octanol–water partition coefficient (Wildman–Crippen LogP) is 2.66. The molecule has 0 saturated carbocycles. The molecular formula is C16H17NO4S. The highest BCUT2D eigenvalue weighted by Gasteiger charge is 2.36. The highest BCUT2D eigenvalue weighted by molar-refractivity contribution is 7.20. The topological polar surface area (TPSA) is 75.6 Å². The summed E-state index contributed by atoms with van der Waals surface area (Å²) < 4.78 is 6.35. The van der Waals surface area contributed by atoms with Crippen LogP contribution in [0, 0.1) is 0 Å². The monoisotopic (exact) mass is 319 g/mol. The summed E-state index contributed by atoms with van der Waals surface area (Å²) in [5.74, 6) is -1.11. The number of carboxylic acids is 1. The van der Waals surface area contributed by atoms with Gasteiger partial charge in [-0.05, 0) is 30.4 Å². The summed E-state index contributed by atoms with van der Waals surface area (Å²) in [7, 11) is 0. The minimum Gasteiger partial charge on any atom is -0.481 e. The molecule has 1 fully saturated rings. The van der Waals surface area contributed by atoms with Gasteiger partial charge in [-0.1, -0.05) is 18.2 Å². The first-order chi connectivity index (χ1) is 10.6. The van der Waals surface area contributed by atoms with Crippen LogP contribution in [0.15, 0.2) is 30.3 Å². The van der Waals surface area contributed by atoms with Crippen molar-refractivity contribution in [3.05, 3.63) is 35.2 Å². The number of thiophene rings is 1. The second-order valence-electron chi connectivity index (χ2n) is 5.57. The van der Waals surface area contributed by atoms with Gasteiger partial charge in [0.2, 0.25) is 0 Å². The number of carboxylic acid groups (broad SMARTS) is 1. The number of hydrogen-bond donors (Lipinski definition) is 2. The molecule has 0 atom stereocenters. The fourth-order valence-corrected chi connectivity index (χ4v) is 3.75. The zero-order valence-corrected chi connectivity index (χ0v) is 12.8. The molecule has 1 aliphatic heterocycles. The number of rotatable bonds is 4. The highest BCUT2D eigenvalue weighted by Crippen LogP contribution is 2.28. The molecule has 22 heavy (non-hydrogen) atoms. The molecule has 1 saturated heterocycles. The molecular weight excluding hydrogens is 302 g/mol. The average Bonchev–Trinajstić information content (AvgIpc) is 2.91. The summed E-state index contributed by atoms with van der Waals surface area (Å²) in [6.07, 6.45) is 0.971. The van der Waals surface area contributed by atoms with Crippen molar-refractivity contribution in [2.75, 3.05) is 13.2 Å². The molecule has 0 spiro atoms. The van der Waals surface area contributed by atoms with Crippen LogP contribution in [-0.4, -0.2) is 35.7 Å². The number of fused-ring (bicyclic) bond motifs is 1. The number of ether oxygens (including phenoxy) is 1. The molecule has 6 heteroatoms. The lowest BCUT2D eigenvalue weighted by Gasteiger charge is -2.36. The number of nitrogens with one attached hydrogen (secondary N) is 1. The summed E-state index contributed by atoms with van der Waals surface area (Å²) in [5, 5.41) is 13.1. The smallest absolute Gasteiger partial charge is 0.305 e. The Morgan fingerprint density at radius 2 is 2.00 bits per heavy atom. The van der Waals surface area contributed by atoms with E-state index in [0.717, 1.165) is 10.1 Å². The lowest BCUT2D eigenvalue weighted by molar-refractivity contribution is -0.139. The second kappa shape index (κ2) is 6.06. The maximum atomic E-state index is 12.5. The lowest BCUT2D eigenvalue weighted by Crippen LogP contribution is -2.53. The first kappa shape index (κ1) is 15.0. The van der Waals surface area contributed by atoms with Crippen LogP contribution < -0.4 is 5.32 Å². The molecule has 116 valence electrons. The third-order valence-corrected chi connectivity index (χ3v) is 5.08. The molecule has 1 aromatic carbocycles. The minimum absolute atomic E-state index is 0.0764. The van der Waals surface area contributed by atoms with Crippen molar-refractivity contribution in [1.29, 1.82) is 0 Å². The van der Waals surface area contributed by atoms with Gasteiger partial charge in [-0.3, -0.25) is 9.59 Å². The van der Waals surface area contributed by atoms with Gasteiger partial charge in [0.1, 0.15) is 0 Å². The zero-order valence-electron chi connectivity index (χ0n) is 12.0. The highest BCUT2D eigenvalue weighted by atomic mass is 32.1. The SMILES string of the molecule is O=C(O)CC1(NC(=O)c2cc3ccccc3s2)CCOCC1. The van der Waals surface area contributed by atoms with E-state index in [0.29, 0.717) is 30.9 Å². The van der Waals surface area contributed by atoms with Crippen molar-refractivity contribution < 1.29 is 19.4 Å². The number of carbonyl (C=O) groups excluding carboxylic acids is 1. The van der Waals surface area contributed by atoms with E-state index >= 15 is 0 Å². The average molecular weight is 319 g/mol. The third kappa shape index (κ3) is 3.13. The zero-order chi connectivity index (χ0) is 15.6. The predicted molar refractivity (Wildman–Crippen MR) is 84.3 cm³/mol. The number of carbonyl (C=O) groups is 2. The van der Waals surface area contributed by atoms with Crippen LogP contribution in [0.25, 0.3) is 10.1 Å². The van der Waals surface area contributed by atoms with Crippen LogP contribution in [-0.2, 0) is 9.53 Å². The van der Waals surface area contributed by atoms with Gasteiger partial charge < -0.3 is 15.2 Å². The van der Waals surface area contributed by atoms with Crippen LogP contribution in [0.5, 0.6) is 0 Å². The molecule has 0 bridgehead atoms. The molecule has 2 aromatic rings. The lowest BCUT2D eigenvalue weighted by atomic mass is 9.86. The Kier molecular flexibility index (Phi) is 4.13. The Morgan fingerprint density at radius 1 is 1.27 bits per heavy atom. The maximum Gasteiger partial charge on any atom is 0.305 e. The molecule has 1 amide bonds. The van der Waals surface area contributed by atoms with Crippen molar-refractivity contribution in [3.8, 4) is 0 Å². The fourth-order valence-electron chi connectivity index (χ4n) is 2.79. The molecule has 5 nitrogen and oxygen atoms in total. The standard InChI is InChI=1S/C16H17NO4S/c18-14(19)10-16(5-7-21-8-6-16)17-15(20)13-9-11-3-1-2-4-12(11)22-13/h1-4,9H,5-8,10H2,(H,17,20)(H,18,19). The van der Waals surface area contributed by atoms with Crippen molar-refractivity contribution in [2.45, 2.75) is 24.8 Å². The maximum absolute atomic E-state index is 12.5. The second-order valence-corrected chi connectivity index (χ2v) is 6.65. The van der Waals surface area contributed by atoms with Crippen LogP contribution >= 0.6 is 11.3 Å². The summed E-state index contributed by atoms with van der Waals surface area (Å²) >= 11 is 1.42. The van der Waals surface area contributed by atoms with E-state index in [1.54, 1.807) is 0 Å². The van der Waals surface area contributed by atoms with E-state index in [1.165, 1.54) is 11.3 Å². The van der Waals surface area contributed by atoms with Crippen LogP contribution in [0.4, 0.5) is 0 Å². The molecule has 3 rings (SSSR count). The first-order valence-electron chi connectivity index (χ1n) is 7.19. The van der Waals surface area contributed by atoms with Crippen molar-refractivity contribution in [1.82, 2.24) is 5.32 Å². The summed E-state index contributed by atoms with van der Waals surface area (Å²) in [6, 6.07) is 9.65. The van der Waals surface area contributed by atoms with Crippen molar-refractivity contribution in [2.24, 2.45) is 0 Å². The van der Waals surface area contributed by atoms with E-state index < -0.39 is 11.5 Å². The molecule has 2 N–H and O–H groups in total. The number of amides is 1. The van der Waals surface area contributed by atoms with Crippen LogP contribution in [0.1, 0.15) is 28.9 Å². The van der Waals surface area contributed by atoms with E-state index in [9.17, 15) is 9.59 Å². The van der Waals surface area contributed by atoms with Gasteiger partial charge in [-0.2, -0.15) is 0 Å². The Morgan fingerprint density at radius 3 is 2.68 bits per heavy atom. The normalized spacial score (nSPS) is 17.3. The van der Waals surface area contributed by atoms with Gasteiger partial charge in [-0.25, -0.2) is 0 Å². The number of hydrogen-bond acceptors (Lipinski definition) is 4. The number of benzene rings is 1. The Balaban J connectivity index is 1.82. The minimum atomic E-state index is -0.904. The van der Waals surface area contributed by atoms with Crippen molar-refractivity contribution in [3.63, 3.8) is 0 Å².